The molecule has 0 fully saturated rings. The second-order valence-electron chi connectivity index (χ2n) is 3.88. The van der Waals surface area contributed by atoms with Crippen LogP contribution < -0.4 is 0 Å². The molecule has 92 valence electrons. The number of benzene rings is 1. The van der Waals surface area contributed by atoms with Crippen LogP contribution in [0.4, 0.5) is 5.69 Å². The molecule has 1 aromatic rings. The zero-order chi connectivity index (χ0) is 12.8. The van der Waals surface area contributed by atoms with Crippen molar-refractivity contribution in [3.63, 3.8) is 0 Å². The molecular formula is C12H15NO3S. The SMILES string of the molecule is CC(=O)C(CCCS)c1ccc([N+](=O)[O-])cc1. The van der Waals surface area contributed by atoms with Gasteiger partial charge in [-0.25, -0.2) is 0 Å². The van der Waals surface area contributed by atoms with Crippen molar-refractivity contribution >= 4 is 24.1 Å². The van der Waals surface area contributed by atoms with Crippen molar-refractivity contribution < 1.29 is 9.72 Å². The Labute approximate surface area is 106 Å². The maximum absolute atomic E-state index is 11.5. The highest BCUT2D eigenvalue weighted by Gasteiger charge is 2.17. The molecule has 0 amide bonds. The summed E-state index contributed by atoms with van der Waals surface area (Å²) >= 11 is 4.12. The van der Waals surface area contributed by atoms with Crippen LogP contribution in [0.5, 0.6) is 0 Å². The summed E-state index contributed by atoms with van der Waals surface area (Å²) < 4.78 is 0. The third-order valence-corrected chi connectivity index (χ3v) is 2.96. The summed E-state index contributed by atoms with van der Waals surface area (Å²) in [6.45, 7) is 1.55. The molecular weight excluding hydrogens is 238 g/mol. The lowest BCUT2D eigenvalue weighted by Crippen LogP contribution is -2.09. The lowest BCUT2D eigenvalue weighted by atomic mass is 9.91. The molecule has 0 aliphatic heterocycles. The topological polar surface area (TPSA) is 60.2 Å². The molecule has 4 nitrogen and oxygen atoms in total. The third-order valence-electron chi connectivity index (χ3n) is 2.65. The highest BCUT2D eigenvalue weighted by Crippen LogP contribution is 2.24. The molecule has 1 rings (SSSR count). The molecule has 0 N–H and O–H groups in total. The Bertz CT molecular complexity index is 403. The number of carbonyl (C=O) groups excluding carboxylic acids is 1. The van der Waals surface area contributed by atoms with Crippen molar-refractivity contribution in [3.8, 4) is 0 Å². The van der Waals surface area contributed by atoms with E-state index in [2.05, 4.69) is 12.6 Å². The highest BCUT2D eigenvalue weighted by molar-refractivity contribution is 7.80. The Morgan fingerprint density at radius 2 is 2.00 bits per heavy atom. The molecule has 0 aliphatic carbocycles. The first kappa shape index (κ1) is 13.7. The predicted octanol–water partition coefficient (Wildman–Crippen LogP) is 2.98. The molecule has 0 aliphatic rings. The number of non-ortho nitro benzene ring substituents is 1. The molecule has 0 spiro atoms. The quantitative estimate of drug-likeness (QED) is 0.481. The van der Waals surface area contributed by atoms with Crippen LogP contribution in [0.15, 0.2) is 24.3 Å². The lowest BCUT2D eigenvalue weighted by molar-refractivity contribution is -0.384. The number of thiol groups is 1. The van der Waals surface area contributed by atoms with Gasteiger partial charge in [-0.3, -0.25) is 14.9 Å². The Morgan fingerprint density at radius 1 is 1.41 bits per heavy atom. The number of hydrogen-bond donors (Lipinski definition) is 1. The monoisotopic (exact) mass is 253 g/mol. The van der Waals surface area contributed by atoms with E-state index in [4.69, 9.17) is 0 Å². The normalized spacial score (nSPS) is 12.1. The van der Waals surface area contributed by atoms with Crippen molar-refractivity contribution in [2.75, 3.05) is 5.75 Å². The molecule has 1 atom stereocenters. The fraction of sp³-hybridized carbons (Fsp3) is 0.417. The van der Waals surface area contributed by atoms with Crippen molar-refractivity contribution in [3.05, 3.63) is 39.9 Å². The van der Waals surface area contributed by atoms with E-state index in [-0.39, 0.29) is 17.4 Å². The third kappa shape index (κ3) is 3.85. The number of nitro groups is 1. The molecule has 1 unspecified atom stereocenters. The molecule has 0 saturated carbocycles. The van der Waals surface area contributed by atoms with Crippen LogP contribution in [-0.4, -0.2) is 16.5 Å². The van der Waals surface area contributed by atoms with Crippen molar-refractivity contribution in [2.24, 2.45) is 0 Å². The predicted molar refractivity (Wildman–Crippen MR) is 69.6 cm³/mol. The number of carbonyl (C=O) groups is 1. The van der Waals surface area contributed by atoms with Gasteiger partial charge in [0.15, 0.2) is 0 Å². The Hall–Kier alpha value is -1.36. The zero-order valence-electron chi connectivity index (χ0n) is 9.63. The van der Waals surface area contributed by atoms with Gasteiger partial charge in [-0.2, -0.15) is 12.6 Å². The summed E-state index contributed by atoms with van der Waals surface area (Å²) in [6, 6.07) is 6.18. The van der Waals surface area contributed by atoms with Crippen LogP contribution in [-0.2, 0) is 4.79 Å². The van der Waals surface area contributed by atoms with E-state index in [1.54, 1.807) is 19.1 Å². The fourth-order valence-corrected chi connectivity index (χ4v) is 1.91. The number of nitrogens with zero attached hydrogens (tertiary/aromatic N) is 1. The summed E-state index contributed by atoms with van der Waals surface area (Å²) in [4.78, 5) is 21.6. The first-order valence-electron chi connectivity index (χ1n) is 5.42. The van der Waals surface area contributed by atoms with E-state index >= 15 is 0 Å². The minimum absolute atomic E-state index is 0.0465. The van der Waals surface area contributed by atoms with E-state index in [0.29, 0.717) is 0 Å². The number of rotatable bonds is 6. The first-order valence-corrected chi connectivity index (χ1v) is 6.05. The average molecular weight is 253 g/mol. The van der Waals surface area contributed by atoms with E-state index in [0.717, 1.165) is 24.2 Å². The van der Waals surface area contributed by atoms with Crippen LogP contribution in [0.3, 0.4) is 0 Å². The summed E-state index contributed by atoms with van der Waals surface area (Å²) in [6.07, 6.45) is 1.58. The maximum Gasteiger partial charge on any atom is 0.269 e. The second kappa shape index (κ2) is 6.39. The largest absolute Gasteiger partial charge is 0.299 e. The molecule has 0 heterocycles. The van der Waals surface area contributed by atoms with Gasteiger partial charge >= 0.3 is 0 Å². The molecule has 17 heavy (non-hydrogen) atoms. The van der Waals surface area contributed by atoms with Gasteiger partial charge < -0.3 is 0 Å². The molecule has 0 radical (unpaired) electrons. The lowest BCUT2D eigenvalue weighted by Gasteiger charge is -2.13. The number of hydrogen-bond acceptors (Lipinski definition) is 4. The van der Waals surface area contributed by atoms with Crippen LogP contribution >= 0.6 is 12.6 Å². The summed E-state index contributed by atoms with van der Waals surface area (Å²) in [7, 11) is 0. The maximum atomic E-state index is 11.5. The average Bonchev–Trinajstić information content (AvgIpc) is 2.29. The fourth-order valence-electron chi connectivity index (χ4n) is 1.73. The van der Waals surface area contributed by atoms with Gasteiger partial charge in [0.1, 0.15) is 5.78 Å². The number of Topliss-reactive ketones (excluding diaryl/α,β-unsaturated/α-hetero) is 1. The standard InChI is InChI=1S/C12H15NO3S/c1-9(14)12(3-2-8-17)10-4-6-11(7-5-10)13(15)16/h4-7,12,17H,2-3,8H2,1H3. The summed E-state index contributed by atoms with van der Waals surface area (Å²) in [5, 5.41) is 10.5. The van der Waals surface area contributed by atoms with Gasteiger partial charge in [-0.1, -0.05) is 12.1 Å². The van der Waals surface area contributed by atoms with Crippen molar-refractivity contribution in [1.82, 2.24) is 0 Å². The molecule has 5 heteroatoms. The van der Waals surface area contributed by atoms with E-state index in [9.17, 15) is 14.9 Å². The van der Waals surface area contributed by atoms with E-state index in [1.165, 1.54) is 12.1 Å². The van der Waals surface area contributed by atoms with Crippen LogP contribution in [0.2, 0.25) is 0 Å². The van der Waals surface area contributed by atoms with Crippen LogP contribution in [0.1, 0.15) is 31.2 Å². The number of ketones is 1. The van der Waals surface area contributed by atoms with Crippen LogP contribution in [0.25, 0.3) is 0 Å². The molecule has 0 saturated heterocycles. The van der Waals surface area contributed by atoms with E-state index < -0.39 is 4.92 Å². The Kier molecular flexibility index (Phi) is 5.15. The summed E-state index contributed by atoms with van der Waals surface area (Å²) in [5.74, 6) is 0.639. The summed E-state index contributed by atoms with van der Waals surface area (Å²) in [5.41, 5.74) is 0.884. The Morgan fingerprint density at radius 3 is 2.41 bits per heavy atom. The highest BCUT2D eigenvalue weighted by atomic mass is 32.1. The minimum Gasteiger partial charge on any atom is -0.299 e. The van der Waals surface area contributed by atoms with Crippen LogP contribution in [0, 0.1) is 10.1 Å². The van der Waals surface area contributed by atoms with Gasteiger partial charge in [0.2, 0.25) is 0 Å². The van der Waals surface area contributed by atoms with E-state index in [1.807, 2.05) is 0 Å². The van der Waals surface area contributed by atoms with Gasteiger partial charge in [0.25, 0.3) is 5.69 Å². The van der Waals surface area contributed by atoms with Crippen molar-refractivity contribution in [2.45, 2.75) is 25.7 Å². The zero-order valence-corrected chi connectivity index (χ0v) is 10.5. The first-order chi connectivity index (χ1) is 8.06. The van der Waals surface area contributed by atoms with Gasteiger partial charge in [0, 0.05) is 18.1 Å². The van der Waals surface area contributed by atoms with Crippen molar-refractivity contribution in [1.29, 1.82) is 0 Å². The number of nitro benzene ring substituents is 1. The van der Waals surface area contributed by atoms with Gasteiger partial charge in [-0.15, -0.1) is 0 Å². The smallest absolute Gasteiger partial charge is 0.269 e. The molecule has 0 aromatic heterocycles. The minimum atomic E-state index is -0.444. The van der Waals surface area contributed by atoms with Gasteiger partial charge in [-0.05, 0) is 31.1 Å². The Balaban J connectivity index is 2.87. The molecule has 0 bridgehead atoms. The molecule has 1 aromatic carbocycles. The second-order valence-corrected chi connectivity index (χ2v) is 4.32. The van der Waals surface area contributed by atoms with Gasteiger partial charge in [0.05, 0.1) is 4.92 Å².